The maximum Gasteiger partial charge on any atom is 0.189 e. The Balaban J connectivity index is 0.00000280. The number of pyridine rings is 1. The molecule has 1 atom stereocenters. The monoisotopic (exact) mass is 530 g/mol. The number of aliphatic imine (C=N–C) groups is 1. The van der Waals surface area contributed by atoms with E-state index in [1.54, 1.807) is 24.5 Å². The van der Waals surface area contributed by atoms with Crippen LogP contribution in [0.2, 0.25) is 10.0 Å². The van der Waals surface area contributed by atoms with Crippen LogP contribution in [0.5, 0.6) is 0 Å². The van der Waals surface area contributed by atoms with Crippen LogP contribution in [0.1, 0.15) is 29.9 Å². The molecule has 2 heterocycles. The van der Waals surface area contributed by atoms with Crippen molar-refractivity contribution in [3.63, 3.8) is 0 Å². The number of nitrogens with two attached hydrogens (primary N) is 1. The second-order valence-electron chi connectivity index (χ2n) is 6.10. The van der Waals surface area contributed by atoms with Crippen LogP contribution in [0.25, 0.3) is 5.82 Å². The standard InChI is InChI=1S/C19H20Cl2N6.HI/c1-12(16-5-4-15(20)9-17(16)21)26-19(22)25-11-14-3-6-18(24-10-14)27-8-7-23-13(27)2;/h3-10,12H,11H2,1-2H3,(H3,22,25,26);1H. The number of nitrogens with zero attached hydrogens (tertiary/aromatic N) is 4. The normalized spacial score (nSPS) is 12.4. The van der Waals surface area contributed by atoms with Gasteiger partial charge in [-0.1, -0.05) is 35.3 Å². The summed E-state index contributed by atoms with van der Waals surface area (Å²) >= 11 is 12.2. The van der Waals surface area contributed by atoms with E-state index in [0.717, 1.165) is 22.8 Å². The summed E-state index contributed by atoms with van der Waals surface area (Å²) in [6.45, 7) is 4.32. The maximum atomic E-state index is 6.23. The van der Waals surface area contributed by atoms with Crippen molar-refractivity contribution in [2.45, 2.75) is 26.4 Å². The molecule has 0 saturated heterocycles. The van der Waals surface area contributed by atoms with Crippen molar-refractivity contribution in [2.75, 3.05) is 0 Å². The molecule has 1 unspecified atom stereocenters. The van der Waals surface area contributed by atoms with Crippen molar-refractivity contribution in [3.05, 3.63) is 75.9 Å². The van der Waals surface area contributed by atoms with E-state index in [4.69, 9.17) is 28.9 Å². The second-order valence-corrected chi connectivity index (χ2v) is 6.95. The van der Waals surface area contributed by atoms with Gasteiger partial charge in [-0.2, -0.15) is 0 Å². The minimum atomic E-state index is -0.0942. The van der Waals surface area contributed by atoms with Gasteiger partial charge >= 0.3 is 0 Å². The van der Waals surface area contributed by atoms with Crippen LogP contribution in [0.3, 0.4) is 0 Å². The molecule has 28 heavy (non-hydrogen) atoms. The van der Waals surface area contributed by atoms with Crippen LogP contribution in [0.4, 0.5) is 0 Å². The number of rotatable bonds is 5. The fraction of sp³-hybridized carbons (Fsp3) is 0.211. The Morgan fingerprint density at radius 1 is 1.25 bits per heavy atom. The van der Waals surface area contributed by atoms with Crippen LogP contribution in [-0.2, 0) is 6.54 Å². The molecule has 148 valence electrons. The van der Waals surface area contributed by atoms with Gasteiger partial charge in [0.1, 0.15) is 11.6 Å². The van der Waals surface area contributed by atoms with Gasteiger partial charge in [-0.05, 0) is 43.2 Å². The molecule has 6 nitrogen and oxygen atoms in total. The highest BCUT2D eigenvalue weighted by Gasteiger charge is 2.10. The Kier molecular flexibility index (Phi) is 8.09. The van der Waals surface area contributed by atoms with E-state index in [1.165, 1.54) is 0 Å². The zero-order valence-electron chi connectivity index (χ0n) is 15.4. The lowest BCUT2D eigenvalue weighted by atomic mass is 10.1. The van der Waals surface area contributed by atoms with Crippen molar-refractivity contribution >= 4 is 53.1 Å². The summed E-state index contributed by atoms with van der Waals surface area (Å²) in [5.74, 6) is 2.04. The molecule has 2 aromatic heterocycles. The number of imidazole rings is 1. The van der Waals surface area contributed by atoms with E-state index in [1.807, 2.05) is 42.8 Å². The first-order valence-corrected chi connectivity index (χ1v) is 9.16. The highest BCUT2D eigenvalue weighted by Crippen LogP contribution is 2.25. The van der Waals surface area contributed by atoms with Gasteiger partial charge in [-0.3, -0.25) is 4.57 Å². The van der Waals surface area contributed by atoms with Crippen molar-refractivity contribution in [3.8, 4) is 5.82 Å². The molecule has 3 N–H and O–H groups in total. The molecule has 0 saturated carbocycles. The smallest absolute Gasteiger partial charge is 0.189 e. The van der Waals surface area contributed by atoms with Gasteiger partial charge in [0, 0.05) is 28.6 Å². The molecule has 0 fully saturated rings. The first-order valence-electron chi connectivity index (χ1n) is 8.40. The minimum absolute atomic E-state index is 0. The SMILES string of the molecule is Cc1nccn1-c1ccc(CN=C(N)NC(C)c2ccc(Cl)cc2Cl)cn1.I. The quantitative estimate of drug-likeness (QED) is 0.285. The summed E-state index contributed by atoms with van der Waals surface area (Å²) in [5, 5.41) is 4.32. The van der Waals surface area contributed by atoms with Crippen LogP contribution >= 0.6 is 47.2 Å². The molecular formula is C19H21Cl2IN6. The zero-order valence-corrected chi connectivity index (χ0v) is 19.3. The first kappa shape index (κ1) is 22.4. The molecule has 0 spiro atoms. The number of halogens is 3. The van der Waals surface area contributed by atoms with Gasteiger partial charge in [0.05, 0.1) is 12.6 Å². The maximum absolute atomic E-state index is 6.23. The summed E-state index contributed by atoms with van der Waals surface area (Å²) in [4.78, 5) is 13.0. The molecule has 9 heteroatoms. The van der Waals surface area contributed by atoms with Gasteiger partial charge in [0.25, 0.3) is 0 Å². The van der Waals surface area contributed by atoms with E-state index in [9.17, 15) is 0 Å². The summed E-state index contributed by atoms with van der Waals surface area (Å²) < 4.78 is 1.92. The molecule has 0 aliphatic carbocycles. The van der Waals surface area contributed by atoms with E-state index in [0.29, 0.717) is 22.5 Å². The summed E-state index contributed by atoms with van der Waals surface area (Å²) in [7, 11) is 0. The third kappa shape index (κ3) is 5.59. The zero-order chi connectivity index (χ0) is 19.4. The largest absolute Gasteiger partial charge is 0.370 e. The molecule has 3 rings (SSSR count). The van der Waals surface area contributed by atoms with E-state index in [2.05, 4.69) is 20.3 Å². The molecule has 0 radical (unpaired) electrons. The average molecular weight is 531 g/mol. The van der Waals surface area contributed by atoms with Gasteiger partial charge in [0.15, 0.2) is 5.96 Å². The first-order chi connectivity index (χ1) is 12.9. The van der Waals surface area contributed by atoms with Crippen molar-refractivity contribution in [1.29, 1.82) is 0 Å². The lowest BCUT2D eigenvalue weighted by molar-refractivity contribution is 0.708. The molecule has 3 aromatic rings. The number of aryl methyl sites for hydroxylation is 1. The number of hydrogen-bond acceptors (Lipinski definition) is 3. The van der Waals surface area contributed by atoms with Gasteiger partial charge in [0.2, 0.25) is 0 Å². The Bertz CT molecular complexity index is 955. The predicted octanol–water partition coefficient (Wildman–Crippen LogP) is 4.67. The van der Waals surface area contributed by atoms with Crippen LogP contribution < -0.4 is 11.1 Å². The Hall–Kier alpha value is -1.84. The number of aromatic nitrogens is 3. The fourth-order valence-corrected chi connectivity index (χ4v) is 3.22. The lowest BCUT2D eigenvalue weighted by Gasteiger charge is -2.16. The van der Waals surface area contributed by atoms with Crippen LogP contribution in [0.15, 0.2) is 53.9 Å². The highest BCUT2D eigenvalue weighted by atomic mass is 127. The van der Waals surface area contributed by atoms with Crippen molar-refractivity contribution < 1.29 is 0 Å². The summed E-state index contributed by atoms with van der Waals surface area (Å²) in [6.07, 6.45) is 5.40. The summed E-state index contributed by atoms with van der Waals surface area (Å²) in [6, 6.07) is 9.18. The van der Waals surface area contributed by atoms with Crippen molar-refractivity contribution in [1.82, 2.24) is 19.9 Å². The Labute approximate surface area is 191 Å². The second kappa shape index (κ2) is 10.1. The van der Waals surface area contributed by atoms with Gasteiger partial charge < -0.3 is 11.1 Å². The molecule has 0 aliphatic rings. The molecule has 0 aliphatic heterocycles. The molecule has 0 bridgehead atoms. The third-order valence-electron chi connectivity index (χ3n) is 4.11. The summed E-state index contributed by atoms with van der Waals surface area (Å²) in [5.41, 5.74) is 7.86. The van der Waals surface area contributed by atoms with E-state index >= 15 is 0 Å². The Morgan fingerprint density at radius 2 is 2.04 bits per heavy atom. The van der Waals surface area contributed by atoms with E-state index < -0.39 is 0 Å². The van der Waals surface area contributed by atoms with Gasteiger partial charge in [-0.25, -0.2) is 15.0 Å². The van der Waals surface area contributed by atoms with Crippen molar-refractivity contribution in [2.24, 2.45) is 10.7 Å². The topological polar surface area (TPSA) is 81.1 Å². The number of benzene rings is 1. The lowest BCUT2D eigenvalue weighted by Crippen LogP contribution is -2.34. The average Bonchev–Trinajstić information content (AvgIpc) is 3.06. The van der Waals surface area contributed by atoms with Gasteiger partial charge in [-0.15, -0.1) is 24.0 Å². The number of guanidine groups is 1. The van der Waals surface area contributed by atoms with Crippen LogP contribution in [-0.4, -0.2) is 20.5 Å². The van der Waals surface area contributed by atoms with Crippen LogP contribution in [0, 0.1) is 6.92 Å². The molecular weight excluding hydrogens is 510 g/mol. The highest BCUT2D eigenvalue weighted by molar-refractivity contribution is 14.0. The predicted molar refractivity (Wildman–Crippen MR) is 125 cm³/mol. The van der Waals surface area contributed by atoms with E-state index in [-0.39, 0.29) is 30.0 Å². The minimum Gasteiger partial charge on any atom is -0.370 e. The number of nitrogens with one attached hydrogen (secondary N) is 1. The third-order valence-corrected chi connectivity index (χ3v) is 4.67. The number of hydrogen-bond donors (Lipinski definition) is 2. The Morgan fingerprint density at radius 3 is 2.64 bits per heavy atom. The molecule has 1 aromatic carbocycles. The fourth-order valence-electron chi connectivity index (χ4n) is 2.65. The molecule has 0 amide bonds.